The van der Waals surface area contributed by atoms with Crippen LogP contribution in [0.5, 0.6) is 0 Å². The Morgan fingerprint density at radius 3 is 2.06 bits per heavy atom. The summed E-state index contributed by atoms with van der Waals surface area (Å²) < 4.78 is 0. The molecule has 4 rings (SSSR count). The zero-order valence-electron chi connectivity index (χ0n) is 17.6. The number of ketones is 1. The Hall–Kier alpha value is -3.51. The van der Waals surface area contributed by atoms with Gasteiger partial charge in [0.25, 0.3) is 5.91 Å². The first-order valence-electron chi connectivity index (χ1n) is 9.96. The number of rotatable bonds is 5. The monoisotopic (exact) mass is 429 g/mol. The van der Waals surface area contributed by atoms with Crippen molar-refractivity contribution in [2.45, 2.75) is 19.9 Å². The molecule has 0 unspecified atom stereocenters. The number of carbonyl (C=O) groups excluding carboxylic acids is 2. The molecular weight excluding hydrogens is 406 g/mol. The Balaban J connectivity index is 1.79. The molecule has 0 fully saturated rings. The lowest BCUT2D eigenvalue weighted by Gasteiger charge is -2.29. The van der Waals surface area contributed by atoms with E-state index >= 15 is 0 Å². The quantitative estimate of drug-likeness (QED) is 0.440. The number of aryl methyl sites for hydroxylation is 1. The maximum atomic E-state index is 13.6. The number of hydrogen-bond donors (Lipinski definition) is 1. The van der Waals surface area contributed by atoms with E-state index in [1.807, 2.05) is 60.7 Å². The normalized spacial score (nSPS) is 11.1. The fourth-order valence-corrected chi connectivity index (χ4v) is 4.94. The molecule has 0 saturated carbocycles. The Morgan fingerprint density at radius 2 is 1.55 bits per heavy atom. The highest BCUT2D eigenvalue weighted by Gasteiger charge is 2.28. The van der Waals surface area contributed by atoms with Crippen LogP contribution in [0.3, 0.4) is 0 Å². The van der Waals surface area contributed by atoms with E-state index in [-0.39, 0.29) is 17.7 Å². The van der Waals surface area contributed by atoms with E-state index in [4.69, 9.17) is 5.73 Å². The number of fused-ring (bicyclic) bond motifs is 1. The van der Waals surface area contributed by atoms with Crippen molar-refractivity contribution in [2.24, 2.45) is 0 Å². The van der Waals surface area contributed by atoms with Crippen LogP contribution < -0.4 is 5.73 Å². The molecule has 0 atom stereocenters. The second-order valence-corrected chi connectivity index (χ2v) is 8.51. The Labute approximate surface area is 185 Å². The molecule has 0 aliphatic rings. The van der Waals surface area contributed by atoms with Crippen LogP contribution >= 0.6 is 11.3 Å². The lowest BCUT2D eigenvalue weighted by Crippen LogP contribution is -2.31. The average Bonchev–Trinajstić information content (AvgIpc) is 3.09. The lowest BCUT2D eigenvalue weighted by atomic mass is 9.97. The number of aromatic nitrogens is 1. The molecule has 31 heavy (non-hydrogen) atoms. The van der Waals surface area contributed by atoms with Gasteiger partial charge < -0.3 is 10.6 Å². The fourth-order valence-electron chi connectivity index (χ4n) is 3.83. The third kappa shape index (κ3) is 3.82. The number of nitrogen functional groups attached to an aromatic ring is 1. The largest absolute Gasteiger partial charge is 0.397 e. The van der Waals surface area contributed by atoms with Gasteiger partial charge in [-0.15, -0.1) is 11.3 Å². The number of hydrogen-bond acceptors (Lipinski definition) is 5. The Kier molecular flexibility index (Phi) is 5.57. The fraction of sp³-hybridized carbons (Fsp3) is 0.160. The summed E-state index contributed by atoms with van der Waals surface area (Å²) in [6.07, 6.45) is 0. The molecule has 5 nitrogen and oxygen atoms in total. The number of Topliss-reactive ketones (excluding diaryl/α,β-unsaturated/α-hetero) is 1. The van der Waals surface area contributed by atoms with Gasteiger partial charge in [-0.1, -0.05) is 60.7 Å². The van der Waals surface area contributed by atoms with Gasteiger partial charge in [-0.05, 0) is 31.0 Å². The molecule has 0 bridgehead atoms. The molecule has 0 saturated heterocycles. The van der Waals surface area contributed by atoms with Gasteiger partial charge in [-0.3, -0.25) is 9.59 Å². The van der Waals surface area contributed by atoms with Crippen molar-refractivity contribution in [1.29, 1.82) is 0 Å². The molecule has 2 aromatic carbocycles. The summed E-state index contributed by atoms with van der Waals surface area (Å²) in [7, 11) is 1.79. The number of anilines is 1. The molecule has 4 aromatic rings. The van der Waals surface area contributed by atoms with Crippen LogP contribution in [0.15, 0.2) is 66.7 Å². The molecule has 6 heteroatoms. The van der Waals surface area contributed by atoms with Crippen LogP contribution in [0.4, 0.5) is 5.69 Å². The van der Waals surface area contributed by atoms with Crippen molar-refractivity contribution < 1.29 is 9.59 Å². The Bertz CT molecular complexity index is 1230. The SMILES string of the molecule is CC(=O)c1cc2c(N)c(C(=O)N(C)C(c3ccccc3)c3ccccc3)sc2nc1C. The summed E-state index contributed by atoms with van der Waals surface area (Å²) in [5.74, 6) is -0.254. The predicted molar refractivity (Wildman–Crippen MR) is 126 cm³/mol. The molecule has 1 amide bonds. The minimum atomic E-state index is -0.262. The second kappa shape index (κ2) is 8.32. The number of benzene rings is 2. The first-order chi connectivity index (χ1) is 14.9. The molecule has 2 heterocycles. The highest BCUT2D eigenvalue weighted by molar-refractivity contribution is 7.21. The number of amides is 1. The van der Waals surface area contributed by atoms with Crippen LogP contribution in [0, 0.1) is 6.92 Å². The van der Waals surface area contributed by atoms with E-state index in [1.54, 1.807) is 24.9 Å². The van der Waals surface area contributed by atoms with Crippen LogP contribution in [0.1, 0.15) is 49.8 Å². The maximum Gasteiger partial charge on any atom is 0.266 e. The summed E-state index contributed by atoms with van der Waals surface area (Å²) >= 11 is 1.26. The molecule has 156 valence electrons. The summed E-state index contributed by atoms with van der Waals surface area (Å²) in [6, 6.07) is 21.3. The summed E-state index contributed by atoms with van der Waals surface area (Å²) in [4.78, 5) is 32.8. The van der Waals surface area contributed by atoms with Gasteiger partial charge in [0, 0.05) is 23.7 Å². The summed E-state index contributed by atoms with van der Waals surface area (Å²) in [5, 5.41) is 0.647. The van der Waals surface area contributed by atoms with Gasteiger partial charge in [0.1, 0.15) is 9.71 Å². The van der Waals surface area contributed by atoms with Gasteiger partial charge in [-0.2, -0.15) is 0 Å². The van der Waals surface area contributed by atoms with E-state index in [2.05, 4.69) is 4.98 Å². The molecule has 2 aromatic heterocycles. The molecule has 0 radical (unpaired) electrons. The number of nitrogens with zero attached hydrogens (tertiary/aromatic N) is 2. The minimum Gasteiger partial charge on any atom is -0.397 e. The van der Waals surface area contributed by atoms with Crippen molar-refractivity contribution in [2.75, 3.05) is 12.8 Å². The van der Waals surface area contributed by atoms with Gasteiger partial charge in [0.05, 0.1) is 11.7 Å². The minimum absolute atomic E-state index is 0.0734. The first kappa shape index (κ1) is 20.8. The van der Waals surface area contributed by atoms with E-state index in [0.29, 0.717) is 32.0 Å². The van der Waals surface area contributed by atoms with Crippen LogP contribution in [0.2, 0.25) is 0 Å². The second-order valence-electron chi connectivity index (χ2n) is 7.52. The average molecular weight is 430 g/mol. The van der Waals surface area contributed by atoms with Gasteiger partial charge >= 0.3 is 0 Å². The van der Waals surface area contributed by atoms with Crippen LogP contribution in [0.25, 0.3) is 10.2 Å². The van der Waals surface area contributed by atoms with E-state index in [1.165, 1.54) is 18.3 Å². The summed E-state index contributed by atoms with van der Waals surface area (Å²) in [5.41, 5.74) is 9.94. The number of thiophene rings is 1. The highest BCUT2D eigenvalue weighted by Crippen LogP contribution is 2.37. The number of pyridine rings is 1. The lowest BCUT2D eigenvalue weighted by molar-refractivity contribution is 0.0761. The van der Waals surface area contributed by atoms with Crippen molar-refractivity contribution in [3.8, 4) is 0 Å². The van der Waals surface area contributed by atoms with Gasteiger partial charge in [0.15, 0.2) is 5.78 Å². The van der Waals surface area contributed by atoms with E-state index in [9.17, 15) is 9.59 Å². The van der Waals surface area contributed by atoms with E-state index < -0.39 is 0 Å². The molecular formula is C25H23N3O2S. The Morgan fingerprint density at radius 1 is 1.00 bits per heavy atom. The summed E-state index contributed by atoms with van der Waals surface area (Å²) in [6.45, 7) is 3.29. The van der Waals surface area contributed by atoms with Crippen molar-refractivity contribution in [1.82, 2.24) is 9.88 Å². The third-order valence-corrected chi connectivity index (χ3v) is 6.53. The van der Waals surface area contributed by atoms with E-state index in [0.717, 1.165) is 11.1 Å². The zero-order valence-corrected chi connectivity index (χ0v) is 18.4. The topological polar surface area (TPSA) is 76.3 Å². The molecule has 2 N–H and O–H groups in total. The standard InChI is InChI=1S/C25H23N3O2S/c1-15-19(16(2)29)14-20-21(26)23(31-24(20)27-15)25(30)28(3)22(17-10-6-4-7-11-17)18-12-8-5-9-13-18/h4-14,22H,26H2,1-3H3. The highest BCUT2D eigenvalue weighted by atomic mass is 32.1. The molecule has 0 spiro atoms. The van der Waals surface area contributed by atoms with Crippen molar-refractivity contribution >= 4 is 38.9 Å². The number of carbonyl (C=O) groups is 2. The van der Waals surface area contributed by atoms with Crippen LogP contribution in [-0.2, 0) is 0 Å². The van der Waals surface area contributed by atoms with Crippen LogP contribution in [-0.4, -0.2) is 28.6 Å². The third-order valence-electron chi connectivity index (χ3n) is 5.42. The smallest absolute Gasteiger partial charge is 0.266 e. The van der Waals surface area contributed by atoms with Gasteiger partial charge in [0.2, 0.25) is 0 Å². The number of nitrogens with two attached hydrogens (primary N) is 1. The van der Waals surface area contributed by atoms with Crippen molar-refractivity contribution in [3.63, 3.8) is 0 Å². The first-order valence-corrected chi connectivity index (χ1v) is 10.8. The predicted octanol–water partition coefficient (Wildman–Crippen LogP) is 5.25. The maximum absolute atomic E-state index is 13.6. The molecule has 0 aliphatic carbocycles. The zero-order chi connectivity index (χ0) is 22.1. The van der Waals surface area contributed by atoms with Gasteiger partial charge in [-0.25, -0.2) is 4.98 Å². The molecule has 0 aliphatic heterocycles. The van der Waals surface area contributed by atoms with Crippen molar-refractivity contribution in [3.05, 3.63) is 94.0 Å².